The van der Waals surface area contributed by atoms with E-state index in [1.54, 1.807) is 67.6 Å². The van der Waals surface area contributed by atoms with Crippen LogP contribution in [0.1, 0.15) is 41.2 Å². The van der Waals surface area contributed by atoms with Crippen LogP contribution in [0.25, 0.3) is 0 Å². The Morgan fingerprint density at radius 1 is 0.683 bits per heavy atom. The predicted octanol–water partition coefficient (Wildman–Crippen LogP) is 8.18. The van der Waals surface area contributed by atoms with Crippen molar-refractivity contribution in [2.75, 3.05) is 0 Å². The summed E-state index contributed by atoms with van der Waals surface area (Å²) in [5.41, 5.74) is -3.30. The van der Waals surface area contributed by atoms with E-state index in [-0.39, 0.29) is 24.0 Å². The van der Waals surface area contributed by atoms with E-state index >= 15 is 0 Å². The lowest BCUT2D eigenvalue weighted by Gasteiger charge is -2.38. The molecule has 0 aromatic heterocycles. The minimum atomic E-state index is -4.73. The standard InChI is InChI=1S/C32H27F6NO2/c1-2-28(41-27-17-7-4-8-18-27)29(40)39-30(21-22-11-5-3-6-12-22,23-13-9-15-25(19-23)31(33,34)35)24-14-10-16-26(20-24)32(36,37)38/h3-20,28H,2,21H2,1H3,(H,39,40). The van der Waals surface area contributed by atoms with Crippen molar-refractivity contribution in [2.24, 2.45) is 0 Å². The largest absolute Gasteiger partial charge is 0.481 e. The molecule has 0 heterocycles. The third-order valence-corrected chi connectivity index (χ3v) is 6.70. The number of ether oxygens (including phenoxy) is 1. The molecule has 0 aliphatic rings. The average molecular weight is 572 g/mol. The van der Waals surface area contributed by atoms with Crippen LogP contribution in [0.2, 0.25) is 0 Å². The number of hydrogen-bond acceptors (Lipinski definition) is 2. The monoisotopic (exact) mass is 571 g/mol. The minimum Gasteiger partial charge on any atom is -0.481 e. The molecule has 3 nitrogen and oxygen atoms in total. The number of alkyl halides is 6. The third kappa shape index (κ3) is 7.09. The number of halogens is 6. The predicted molar refractivity (Wildman–Crippen MR) is 143 cm³/mol. The van der Waals surface area contributed by atoms with Crippen LogP contribution in [0.5, 0.6) is 5.75 Å². The zero-order chi connectivity index (χ0) is 29.7. The maximum Gasteiger partial charge on any atom is 0.416 e. The highest BCUT2D eigenvalue weighted by Gasteiger charge is 2.42. The highest BCUT2D eigenvalue weighted by atomic mass is 19.4. The maximum atomic E-state index is 13.8. The zero-order valence-corrected chi connectivity index (χ0v) is 22.0. The van der Waals surface area contributed by atoms with Gasteiger partial charge >= 0.3 is 12.4 Å². The van der Waals surface area contributed by atoms with Gasteiger partial charge in [-0.3, -0.25) is 4.79 Å². The molecule has 1 N–H and O–H groups in total. The quantitative estimate of drug-likeness (QED) is 0.206. The van der Waals surface area contributed by atoms with E-state index in [2.05, 4.69) is 5.32 Å². The molecule has 0 spiro atoms. The second-order valence-corrected chi connectivity index (χ2v) is 9.54. The Kier molecular flexibility index (Phi) is 8.75. The summed E-state index contributed by atoms with van der Waals surface area (Å²) in [5, 5.41) is 2.84. The number of benzene rings is 4. The molecule has 41 heavy (non-hydrogen) atoms. The van der Waals surface area contributed by atoms with E-state index in [0.717, 1.165) is 24.3 Å². The fourth-order valence-corrected chi connectivity index (χ4v) is 4.66. The lowest BCUT2D eigenvalue weighted by molar-refractivity contribution is -0.138. The molecule has 0 fully saturated rings. The van der Waals surface area contributed by atoms with Crippen LogP contribution in [0.4, 0.5) is 26.3 Å². The van der Waals surface area contributed by atoms with Gasteiger partial charge < -0.3 is 10.1 Å². The van der Waals surface area contributed by atoms with Gasteiger partial charge in [-0.15, -0.1) is 0 Å². The number of nitrogens with one attached hydrogen (secondary N) is 1. The summed E-state index contributed by atoms with van der Waals surface area (Å²) in [6, 6.07) is 25.6. The summed E-state index contributed by atoms with van der Waals surface area (Å²) in [6.45, 7) is 1.70. The van der Waals surface area contributed by atoms with Crippen molar-refractivity contribution in [3.05, 3.63) is 137 Å². The first-order chi connectivity index (χ1) is 19.4. The Morgan fingerprint density at radius 2 is 1.15 bits per heavy atom. The number of rotatable bonds is 9. The van der Waals surface area contributed by atoms with Gasteiger partial charge in [-0.05, 0) is 59.5 Å². The van der Waals surface area contributed by atoms with Crippen LogP contribution in [0.3, 0.4) is 0 Å². The molecule has 1 atom stereocenters. The number of carbonyl (C=O) groups excluding carboxylic acids is 1. The zero-order valence-electron chi connectivity index (χ0n) is 22.0. The molecule has 0 aliphatic heterocycles. The van der Waals surface area contributed by atoms with Gasteiger partial charge in [0.25, 0.3) is 5.91 Å². The molecule has 4 aromatic rings. The summed E-state index contributed by atoms with van der Waals surface area (Å²) < 4.78 is 88.9. The van der Waals surface area contributed by atoms with Gasteiger partial charge in [-0.2, -0.15) is 26.3 Å². The molecule has 0 bridgehead atoms. The van der Waals surface area contributed by atoms with E-state index in [0.29, 0.717) is 11.3 Å². The molecule has 0 saturated carbocycles. The molecule has 214 valence electrons. The van der Waals surface area contributed by atoms with Crippen molar-refractivity contribution in [1.29, 1.82) is 0 Å². The summed E-state index contributed by atoms with van der Waals surface area (Å²) >= 11 is 0. The Hall–Kier alpha value is -4.27. The first kappa shape index (κ1) is 29.7. The molecule has 0 aliphatic carbocycles. The molecule has 0 radical (unpaired) electrons. The highest BCUT2D eigenvalue weighted by Crippen LogP contribution is 2.40. The topological polar surface area (TPSA) is 38.3 Å². The van der Waals surface area contributed by atoms with Gasteiger partial charge in [0.2, 0.25) is 0 Å². The Labute approximate surface area is 233 Å². The smallest absolute Gasteiger partial charge is 0.416 e. The number of hydrogen-bond donors (Lipinski definition) is 1. The SMILES string of the molecule is CCC(Oc1ccccc1)C(=O)NC(Cc1ccccc1)(c1cccc(C(F)(F)F)c1)c1cccc(C(F)(F)F)c1. The summed E-state index contributed by atoms with van der Waals surface area (Å²) in [7, 11) is 0. The third-order valence-electron chi connectivity index (χ3n) is 6.70. The minimum absolute atomic E-state index is 0.0292. The van der Waals surface area contributed by atoms with Gasteiger partial charge in [-0.1, -0.05) is 79.7 Å². The second kappa shape index (κ2) is 12.1. The van der Waals surface area contributed by atoms with Crippen LogP contribution in [-0.4, -0.2) is 12.0 Å². The lowest BCUT2D eigenvalue weighted by Crippen LogP contribution is -2.53. The van der Waals surface area contributed by atoms with Crippen molar-refractivity contribution in [3.63, 3.8) is 0 Å². The average Bonchev–Trinajstić information content (AvgIpc) is 2.96. The number of amides is 1. The maximum absolute atomic E-state index is 13.8. The van der Waals surface area contributed by atoms with E-state index in [1.165, 1.54) is 24.3 Å². The number of carbonyl (C=O) groups is 1. The molecule has 9 heteroatoms. The van der Waals surface area contributed by atoms with Crippen LogP contribution in [0.15, 0.2) is 109 Å². The highest BCUT2D eigenvalue weighted by molar-refractivity contribution is 5.83. The van der Waals surface area contributed by atoms with Crippen molar-refractivity contribution in [1.82, 2.24) is 5.32 Å². The molecular formula is C32H27F6NO2. The lowest BCUT2D eigenvalue weighted by atomic mass is 9.76. The second-order valence-electron chi connectivity index (χ2n) is 9.54. The van der Waals surface area contributed by atoms with Gasteiger partial charge in [0.05, 0.1) is 16.7 Å². The number of para-hydroxylation sites is 1. The Morgan fingerprint density at radius 3 is 1.61 bits per heavy atom. The normalized spacial score (nSPS) is 13.0. The van der Waals surface area contributed by atoms with Gasteiger partial charge in [-0.25, -0.2) is 0 Å². The van der Waals surface area contributed by atoms with Crippen LogP contribution >= 0.6 is 0 Å². The fourth-order valence-electron chi connectivity index (χ4n) is 4.66. The van der Waals surface area contributed by atoms with Crippen LogP contribution in [0, 0.1) is 0 Å². The van der Waals surface area contributed by atoms with Gasteiger partial charge in [0.15, 0.2) is 6.10 Å². The molecule has 1 amide bonds. The van der Waals surface area contributed by atoms with Gasteiger partial charge in [0, 0.05) is 6.42 Å². The van der Waals surface area contributed by atoms with E-state index < -0.39 is 41.0 Å². The van der Waals surface area contributed by atoms with Crippen molar-refractivity contribution < 1.29 is 35.9 Å². The van der Waals surface area contributed by atoms with Crippen LogP contribution in [-0.2, 0) is 29.1 Å². The van der Waals surface area contributed by atoms with E-state index in [4.69, 9.17) is 4.74 Å². The summed E-state index contributed by atoms with van der Waals surface area (Å²) in [4.78, 5) is 13.8. The Bertz CT molecular complexity index is 1400. The first-order valence-electron chi connectivity index (χ1n) is 12.9. The first-order valence-corrected chi connectivity index (χ1v) is 12.9. The summed E-state index contributed by atoms with van der Waals surface area (Å²) in [5.74, 6) is -0.302. The van der Waals surface area contributed by atoms with Crippen molar-refractivity contribution in [3.8, 4) is 5.75 Å². The molecule has 1 unspecified atom stereocenters. The Balaban J connectivity index is 1.93. The molecule has 4 aromatic carbocycles. The molecule has 4 rings (SSSR count). The van der Waals surface area contributed by atoms with E-state index in [9.17, 15) is 31.1 Å². The summed E-state index contributed by atoms with van der Waals surface area (Å²) in [6.07, 6.45) is -10.5. The van der Waals surface area contributed by atoms with Crippen molar-refractivity contribution in [2.45, 2.75) is 43.8 Å². The fraction of sp³-hybridized carbons (Fsp3) is 0.219. The van der Waals surface area contributed by atoms with Crippen molar-refractivity contribution >= 4 is 5.91 Å². The van der Waals surface area contributed by atoms with Crippen LogP contribution < -0.4 is 10.1 Å². The molecular weight excluding hydrogens is 544 g/mol. The van der Waals surface area contributed by atoms with E-state index in [1.807, 2.05) is 0 Å². The van der Waals surface area contributed by atoms with Gasteiger partial charge in [0.1, 0.15) is 5.75 Å². The molecule has 0 saturated heterocycles.